The number of fused-ring (bicyclic) bond motifs is 1. The van der Waals surface area contributed by atoms with Crippen LogP contribution in [0.15, 0.2) is 14.5 Å². The Kier molecular flexibility index (Phi) is 6.02. The average molecular weight is 409 g/mol. The number of alkyl carbamates (subject to hydrolysis) is 1. The van der Waals surface area contributed by atoms with Crippen molar-refractivity contribution in [3.05, 3.63) is 11.6 Å². The van der Waals surface area contributed by atoms with Crippen LogP contribution in [0.3, 0.4) is 0 Å². The number of sulfonamides is 1. The number of amides is 1. The molecule has 2 rings (SSSR count). The van der Waals surface area contributed by atoms with Crippen LogP contribution >= 0.6 is 23.1 Å². The van der Waals surface area contributed by atoms with Crippen molar-refractivity contribution in [2.24, 2.45) is 5.14 Å². The van der Waals surface area contributed by atoms with Gasteiger partial charge in [-0.2, -0.15) is 0 Å². The van der Waals surface area contributed by atoms with Gasteiger partial charge in [-0.15, -0.1) is 23.1 Å². The van der Waals surface area contributed by atoms with Gasteiger partial charge in [0.05, 0.1) is 4.21 Å². The van der Waals surface area contributed by atoms with Crippen molar-refractivity contribution >= 4 is 45.2 Å². The summed E-state index contributed by atoms with van der Waals surface area (Å²) in [5.74, 6) is 0.0618. The molecule has 1 aliphatic rings. The molecule has 11 heteroatoms. The van der Waals surface area contributed by atoms with Crippen molar-refractivity contribution in [3.8, 4) is 0 Å². The van der Waals surface area contributed by atoms with Crippen LogP contribution in [-0.2, 0) is 24.3 Å². The van der Waals surface area contributed by atoms with Crippen LogP contribution in [-0.4, -0.2) is 38.4 Å². The molecule has 0 radical (unpaired) electrons. The van der Waals surface area contributed by atoms with Gasteiger partial charge in [-0.25, -0.2) is 18.4 Å². The maximum atomic E-state index is 12.0. The second-order valence-electron chi connectivity index (χ2n) is 6.32. The Morgan fingerprint density at radius 3 is 2.68 bits per heavy atom. The molecule has 0 aliphatic carbocycles. The smallest absolute Gasteiger partial charge is 0.408 e. The molecule has 0 fully saturated rings. The summed E-state index contributed by atoms with van der Waals surface area (Å²) in [6.07, 6.45) is -0.719. The lowest BCUT2D eigenvalue weighted by Gasteiger charge is -2.23. The van der Waals surface area contributed by atoms with Crippen molar-refractivity contribution < 1.29 is 27.5 Å². The number of carbonyl (C=O) groups is 2. The zero-order chi connectivity index (χ0) is 18.8. The number of primary sulfonamides is 1. The van der Waals surface area contributed by atoms with Gasteiger partial charge >= 0.3 is 12.1 Å². The predicted molar refractivity (Wildman–Crippen MR) is 94.1 cm³/mol. The lowest BCUT2D eigenvalue weighted by molar-refractivity contribution is -0.148. The van der Waals surface area contributed by atoms with E-state index < -0.39 is 33.8 Å². The highest BCUT2D eigenvalue weighted by Gasteiger charge is 2.29. The predicted octanol–water partition coefficient (Wildman–Crippen LogP) is 2.00. The molecule has 0 saturated heterocycles. The molecule has 1 amide bonds. The van der Waals surface area contributed by atoms with Crippen molar-refractivity contribution in [1.29, 1.82) is 0 Å². The number of hydrogen-bond donors (Lipinski definition) is 2. The first kappa shape index (κ1) is 20.0. The number of nitrogens with one attached hydrogen (secondary N) is 1. The first-order valence-corrected chi connectivity index (χ1v) is 10.8. The molecular weight excluding hydrogens is 388 g/mol. The van der Waals surface area contributed by atoms with Gasteiger partial charge in [0.25, 0.3) is 0 Å². The Balaban J connectivity index is 1.97. The molecule has 1 aromatic heterocycles. The third-order valence-electron chi connectivity index (χ3n) is 2.99. The SMILES string of the molecule is CC(C)(C)OC(=O)NCC(=O)OC1CCSc2sc(S(N)(=O)=O)cc21. The molecule has 3 N–H and O–H groups in total. The summed E-state index contributed by atoms with van der Waals surface area (Å²) in [7, 11) is -3.80. The first-order chi connectivity index (χ1) is 11.5. The van der Waals surface area contributed by atoms with Gasteiger partial charge in [-0.05, 0) is 33.3 Å². The minimum absolute atomic E-state index is 0.0415. The Bertz CT molecular complexity index is 766. The Morgan fingerprint density at radius 2 is 2.08 bits per heavy atom. The number of carbonyl (C=O) groups excluding carboxylic acids is 2. The number of esters is 1. The molecule has 25 heavy (non-hydrogen) atoms. The molecule has 1 aromatic rings. The number of nitrogens with two attached hydrogens (primary N) is 1. The van der Waals surface area contributed by atoms with Crippen molar-refractivity contribution in [2.45, 2.75) is 47.3 Å². The molecule has 140 valence electrons. The van der Waals surface area contributed by atoms with E-state index in [1.807, 2.05) is 0 Å². The molecule has 0 spiro atoms. The molecule has 1 atom stereocenters. The van der Waals surface area contributed by atoms with Gasteiger partial charge in [-0.1, -0.05) is 0 Å². The van der Waals surface area contributed by atoms with Crippen LogP contribution in [0.25, 0.3) is 0 Å². The number of rotatable bonds is 4. The van der Waals surface area contributed by atoms with Crippen molar-refractivity contribution in [1.82, 2.24) is 5.32 Å². The molecule has 0 bridgehead atoms. The summed E-state index contributed by atoms with van der Waals surface area (Å²) < 4.78 is 34.2. The fourth-order valence-electron chi connectivity index (χ4n) is 2.04. The summed E-state index contributed by atoms with van der Waals surface area (Å²) in [6.45, 7) is 4.81. The maximum absolute atomic E-state index is 12.0. The maximum Gasteiger partial charge on any atom is 0.408 e. The number of hydrogen-bond acceptors (Lipinski definition) is 8. The highest BCUT2D eigenvalue weighted by molar-refractivity contribution is 8.01. The molecule has 1 unspecified atom stereocenters. The monoisotopic (exact) mass is 408 g/mol. The van der Waals surface area contributed by atoms with E-state index in [1.165, 1.54) is 17.8 Å². The number of thioether (sulfide) groups is 1. The molecule has 8 nitrogen and oxygen atoms in total. The fourth-order valence-corrected chi connectivity index (χ4v) is 5.51. The molecule has 1 aliphatic heterocycles. The van der Waals surface area contributed by atoms with Gasteiger partial charge in [0.15, 0.2) is 0 Å². The Labute approximate surface area is 154 Å². The fraction of sp³-hybridized carbons (Fsp3) is 0.571. The van der Waals surface area contributed by atoms with Crippen LogP contribution < -0.4 is 10.5 Å². The molecule has 0 aromatic carbocycles. The van der Waals surface area contributed by atoms with E-state index in [2.05, 4.69) is 5.32 Å². The summed E-state index contributed by atoms with van der Waals surface area (Å²) in [5, 5.41) is 7.48. The largest absolute Gasteiger partial charge is 0.456 e. The topological polar surface area (TPSA) is 125 Å². The molecular formula is C14H20N2O6S3. The van der Waals surface area contributed by atoms with Crippen LogP contribution in [0.5, 0.6) is 0 Å². The summed E-state index contributed by atoms with van der Waals surface area (Å²) in [4.78, 5) is 23.5. The lowest BCUT2D eigenvalue weighted by atomic mass is 10.1. The standard InChI is InChI=1S/C14H20N2O6S3/c1-14(2,3)22-13(18)16-7-10(17)21-9-4-5-23-12-8(9)6-11(24-12)25(15,19)20/h6,9H,4-5,7H2,1-3H3,(H,16,18)(H2,15,19,20). The van der Waals surface area contributed by atoms with Gasteiger partial charge < -0.3 is 14.8 Å². The van der Waals surface area contributed by atoms with E-state index >= 15 is 0 Å². The minimum atomic E-state index is -3.80. The lowest BCUT2D eigenvalue weighted by Crippen LogP contribution is -2.36. The average Bonchev–Trinajstić information content (AvgIpc) is 2.88. The van der Waals surface area contributed by atoms with Crippen molar-refractivity contribution in [3.63, 3.8) is 0 Å². The van der Waals surface area contributed by atoms with Gasteiger partial charge in [-0.3, -0.25) is 4.79 Å². The van der Waals surface area contributed by atoms with E-state index in [0.717, 1.165) is 15.5 Å². The van der Waals surface area contributed by atoms with E-state index in [9.17, 15) is 18.0 Å². The molecule has 0 saturated carbocycles. The molecule has 2 heterocycles. The third kappa shape index (κ3) is 5.87. The highest BCUT2D eigenvalue weighted by Crippen LogP contribution is 2.44. The minimum Gasteiger partial charge on any atom is -0.456 e. The van der Waals surface area contributed by atoms with Gasteiger partial charge in [0.2, 0.25) is 10.0 Å². The Hall–Kier alpha value is -1.30. The summed E-state index contributed by atoms with van der Waals surface area (Å²) >= 11 is 2.57. The Morgan fingerprint density at radius 1 is 1.40 bits per heavy atom. The van der Waals surface area contributed by atoms with Crippen LogP contribution in [0, 0.1) is 0 Å². The quantitative estimate of drug-likeness (QED) is 0.730. The van der Waals surface area contributed by atoms with Gasteiger partial charge in [0.1, 0.15) is 22.5 Å². The van der Waals surface area contributed by atoms with Crippen molar-refractivity contribution in [2.75, 3.05) is 12.3 Å². The summed E-state index contributed by atoms with van der Waals surface area (Å²) in [5.41, 5.74) is -0.0273. The number of thiophene rings is 1. The third-order valence-corrected chi connectivity index (χ3v) is 6.90. The van der Waals surface area contributed by atoms with Crippen LogP contribution in [0.4, 0.5) is 4.79 Å². The normalized spacial score (nSPS) is 17.5. The zero-order valence-corrected chi connectivity index (χ0v) is 16.5. The second kappa shape index (κ2) is 7.52. The van der Waals surface area contributed by atoms with E-state index in [4.69, 9.17) is 14.6 Å². The highest BCUT2D eigenvalue weighted by atomic mass is 32.3. The second-order valence-corrected chi connectivity index (χ2v) is 10.5. The summed E-state index contributed by atoms with van der Waals surface area (Å²) in [6, 6.07) is 1.45. The number of ether oxygens (including phenoxy) is 2. The van der Waals surface area contributed by atoms with E-state index in [1.54, 1.807) is 20.8 Å². The van der Waals surface area contributed by atoms with Crippen LogP contribution in [0.1, 0.15) is 38.9 Å². The van der Waals surface area contributed by atoms with E-state index in [-0.39, 0.29) is 10.8 Å². The first-order valence-electron chi connectivity index (χ1n) is 7.41. The zero-order valence-electron chi connectivity index (χ0n) is 14.0. The van der Waals surface area contributed by atoms with Gasteiger partial charge in [0, 0.05) is 11.3 Å². The van der Waals surface area contributed by atoms with E-state index in [0.29, 0.717) is 17.7 Å². The van der Waals surface area contributed by atoms with Crippen LogP contribution in [0.2, 0.25) is 0 Å².